The van der Waals surface area contributed by atoms with Crippen LogP contribution in [0.15, 0.2) is 53.9 Å². The third-order valence-corrected chi connectivity index (χ3v) is 6.45. The van der Waals surface area contributed by atoms with Crippen LogP contribution in [0.3, 0.4) is 0 Å². The topological polar surface area (TPSA) is 92.8 Å². The molecule has 7 nitrogen and oxygen atoms in total. The Bertz CT molecular complexity index is 1140. The number of benzene rings is 2. The summed E-state index contributed by atoms with van der Waals surface area (Å²) in [6.45, 7) is 0.135. The van der Waals surface area contributed by atoms with Crippen LogP contribution in [0.5, 0.6) is 0 Å². The van der Waals surface area contributed by atoms with Crippen molar-refractivity contribution in [1.29, 1.82) is 0 Å². The summed E-state index contributed by atoms with van der Waals surface area (Å²) in [6.07, 6.45) is 0.468. The van der Waals surface area contributed by atoms with Gasteiger partial charge >= 0.3 is 5.97 Å². The van der Waals surface area contributed by atoms with Crippen molar-refractivity contribution >= 4 is 45.8 Å². The smallest absolute Gasteiger partial charge is 0.307 e. The number of nitrogens with one attached hydrogen (secondary N) is 1. The molecule has 1 atom stereocenters. The Kier molecular flexibility index (Phi) is 6.32. The summed E-state index contributed by atoms with van der Waals surface area (Å²) < 4.78 is 4.73. The van der Waals surface area contributed by atoms with E-state index in [1.54, 1.807) is 24.3 Å². The Hall–Kier alpha value is -3.52. The molecular formula is C24H22N2O5S. The third kappa shape index (κ3) is 4.27. The van der Waals surface area contributed by atoms with Gasteiger partial charge in [-0.1, -0.05) is 30.3 Å². The lowest BCUT2D eigenvalue weighted by Crippen LogP contribution is -2.41. The number of esters is 1. The first-order valence-electron chi connectivity index (χ1n) is 10.3. The summed E-state index contributed by atoms with van der Waals surface area (Å²) >= 11 is 1.44. The van der Waals surface area contributed by atoms with E-state index in [0.717, 1.165) is 10.3 Å². The number of carbonyl (C=O) groups is 4. The van der Waals surface area contributed by atoms with Gasteiger partial charge < -0.3 is 10.1 Å². The van der Waals surface area contributed by atoms with Crippen molar-refractivity contribution in [2.24, 2.45) is 0 Å². The average Bonchev–Trinajstić information content (AvgIpc) is 3.34. The Balaban J connectivity index is 1.40. The van der Waals surface area contributed by atoms with E-state index in [1.165, 1.54) is 23.3 Å². The monoisotopic (exact) mass is 450 g/mol. The van der Waals surface area contributed by atoms with Crippen molar-refractivity contribution < 1.29 is 23.9 Å². The summed E-state index contributed by atoms with van der Waals surface area (Å²) in [5, 5.41) is 6.27. The zero-order valence-corrected chi connectivity index (χ0v) is 18.3. The number of hydrogen-bond acceptors (Lipinski definition) is 6. The lowest BCUT2D eigenvalue weighted by atomic mass is 9.94. The quantitative estimate of drug-likeness (QED) is 0.417. The standard InChI is InChI=1S/C24H22N2O5S/c1-31-21(28)14-18(19-10-5-13-32-19)25-20(27)11-4-12-26-23(29)16-8-2-6-15-7-3-9-17(22(15)16)24(26)30/h2-3,5-10,13,18H,4,11-12,14H2,1H3,(H,25,27). The Morgan fingerprint density at radius 2 is 1.72 bits per heavy atom. The fourth-order valence-electron chi connectivity index (χ4n) is 3.91. The predicted octanol–water partition coefficient (Wildman–Crippen LogP) is 3.70. The van der Waals surface area contributed by atoms with Gasteiger partial charge in [-0.05, 0) is 35.4 Å². The van der Waals surface area contributed by atoms with Crippen molar-refractivity contribution in [3.05, 3.63) is 69.9 Å². The summed E-state index contributed by atoms with van der Waals surface area (Å²) in [5.41, 5.74) is 0.996. The van der Waals surface area contributed by atoms with E-state index in [-0.39, 0.29) is 37.1 Å². The zero-order chi connectivity index (χ0) is 22.7. The van der Waals surface area contributed by atoms with Crippen LogP contribution in [0.25, 0.3) is 10.8 Å². The number of rotatable bonds is 8. The molecule has 3 amide bonds. The van der Waals surface area contributed by atoms with E-state index in [4.69, 9.17) is 4.74 Å². The van der Waals surface area contributed by atoms with E-state index >= 15 is 0 Å². The lowest BCUT2D eigenvalue weighted by molar-refractivity contribution is -0.141. The first-order chi connectivity index (χ1) is 15.5. The molecule has 1 N–H and O–H groups in total. The Morgan fingerprint density at radius 3 is 2.31 bits per heavy atom. The number of thiophene rings is 1. The summed E-state index contributed by atoms with van der Waals surface area (Å²) in [5.74, 6) is -1.36. The van der Waals surface area contributed by atoms with Gasteiger partial charge in [0.1, 0.15) is 0 Å². The molecule has 0 saturated heterocycles. The van der Waals surface area contributed by atoms with E-state index in [2.05, 4.69) is 5.32 Å². The highest BCUT2D eigenvalue weighted by Crippen LogP contribution is 2.30. The molecule has 0 spiro atoms. The van der Waals surface area contributed by atoms with Crippen LogP contribution in [0.2, 0.25) is 0 Å². The van der Waals surface area contributed by atoms with Gasteiger partial charge in [-0.25, -0.2) is 0 Å². The second kappa shape index (κ2) is 9.32. The largest absolute Gasteiger partial charge is 0.469 e. The normalized spacial score (nSPS) is 13.8. The highest BCUT2D eigenvalue weighted by Gasteiger charge is 2.32. The van der Waals surface area contributed by atoms with Crippen LogP contribution >= 0.6 is 11.3 Å². The molecule has 0 saturated carbocycles. The van der Waals surface area contributed by atoms with Crippen molar-refractivity contribution in [3.63, 3.8) is 0 Å². The van der Waals surface area contributed by atoms with Gasteiger partial charge in [-0.2, -0.15) is 0 Å². The summed E-state index contributed by atoms with van der Waals surface area (Å²) in [7, 11) is 1.31. The maximum Gasteiger partial charge on any atom is 0.307 e. The second-order valence-corrected chi connectivity index (χ2v) is 8.47. The number of ether oxygens (including phenoxy) is 1. The Morgan fingerprint density at radius 1 is 1.03 bits per heavy atom. The average molecular weight is 451 g/mol. The number of hydrogen-bond donors (Lipinski definition) is 1. The maximum absolute atomic E-state index is 12.9. The van der Waals surface area contributed by atoms with E-state index < -0.39 is 12.0 Å². The third-order valence-electron chi connectivity index (χ3n) is 5.46. The molecule has 0 fully saturated rings. The molecule has 1 unspecified atom stereocenters. The van der Waals surface area contributed by atoms with Crippen molar-refractivity contribution in [3.8, 4) is 0 Å². The van der Waals surface area contributed by atoms with Crippen molar-refractivity contribution in [1.82, 2.24) is 10.2 Å². The zero-order valence-electron chi connectivity index (χ0n) is 17.5. The van der Waals surface area contributed by atoms with Crippen LogP contribution in [-0.4, -0.2) is 42.2 Å². The molecule has 0 aliphatic carbocycles. The molecule has 164 valence electrons. The molecule has 4 rings (SSSR count). The number of nitrogens with zero attached hydrogens (tertiary/aromatic N) is 1. The van der Waals surface area contributed by atoms with Gasteiger partial charge in [0.25, 0.3) is 11.8 Å². The van der Waals surface area contributed by atoms with Gasteiger partial charge in [0.05, 0.1) is 19.6 Å². The molecule has 0 bridgehead atoms. The number of methoxy groups -OCH3 is 1. The van der Waals surface area contributed by atoms with Crippen molar-refractivity contribution in [2.75, 3.05) is 13.7 Å². The molecule has 1 aliphatic heterocycles. The molecule has 8 heteroatoms. The van der Waals surface area contributed by atoms with Crippen LogP contribution in [0.1, 0.15) is 50.9 Å². The molecular weight excluding hydrogens is 428 g/mol. The van der Waals surface area contributed by atoms with Gasteiger partial charge in [-0.3, -0.25) is 24.1 Å². The van der Waals surface area contributed by atoms with Crippen LogP contribution in [-0.2, 0) is 14.3 Å². The molecule has 32 heavy (non-hydrogen) atoms. The van der Waals surface area contributed by atoms with Gasteiger partial charge in [0.15, 0.2) is 0 Å². The van der Waals surface area contributed by atoms with Gasteiger partial charge in [0.2, 0.25) is 5.91 Å². The highest BCUT2D eigenvalue weighted by molar-refractivity contribution is 7.10. The van der Waals surface area contributed by atoms with E-state index in [1.807, 2.05) is 29.6 Å². The molecule has 1 aromatic heterocycles. The van der Waals surface area contributed by atoms with E-state index in [0.29, 0.717) is 22.9 Å². The predicted molar refractivity (Wildman–Crippen MR) is 120 cm³/mol. The Labute approximate surface area is 189 Å². The highest BCUT2D eigenvalue weighted by atomic mass is 32.1. The van der Waals surface area contributed by atoms with Gasteiger partial charge in [-0.15, -0.1) is 11.3 Å². The summed E-state index contributed by atoms with van der Waals surface area (Å²) in [6, 6.07) is 14.0. The van der Waals surface area contributed by atoms with E-state index in [9.17, 15) is 19.2 Å². The van der Waals surface area contributed by atoms with Crippen LogP contribution in [0, 0.1) is 0 Å². The maximum atomic E-state index is 12.9. The molecule has 2 heterocycles. The minimum absolute atomic E-state index is 0.0344. The molecule has 3 aromatic rings. The first-order valence-corrected chi connectivity index (χ1v) is 11.1. The van der Waals surface area contributed by atoms with Gasteiger partial charge in [0, 0.05) is 34.4 Å². The van der Waals surface area contributed by atoms with Crippen LogP contribution < -0.4 is 5.32 Å². The van der Waals surface area contributed by atoms with Crippen molar-refractivity contribution in [2.45, 2.75) is 25.3 Å². The SMILES string of the molecule is COC(=O)CC(NC(=O)CCCN1C(=O)c2cccc3cccc(c23)C1=O)c1cccs1. The molecule has 1 aliphatic rings. The summed E-state index contributed by atoms with van der Waals surface area (Å²) in [4.78, 5) is 52.2. The first kappa shape index (κ1) is 21.7. The lowest BCUT2D eigenvalue weighted by Gasteiger charge is -2.27. The number of amides is 3. The second-order valence-electron chi connectivity index (χ2n) is 7.49. The fourth-order valence-corrected chi connectivity index (χ4v) is 4.69. The minimum Gasteiger partial charge on any atom is -0.469 e. The molecule has 2 aromatic carbocycles. The number of imide groups is 1. The number of carbonyl (C=O) groups excluding carboxylic acids is 4. The minimum atomic E-state index is -0.474. The fraction of sp³-hybridized carbons (Fsp3) is 0.250. The van der Waals surface area contributed by atoms with Crippen LogP contribution in [0.4, 0.5) is 0 Å². The molecule has 0 radical (unpaired) electrons.